The van der Waals surface area contributed by atoms with Gasteiger partial charge in [-0.05, 0) is 63.4 Å². The van der Waals surface area contributed by atoms with Crippen molar-refractivity contribution >= 4 is 16.3 Å². The number of hydrogen-bond acceptors (Lipinski definition) is 0. The third kappa shape index (κ3) is 1.62. The molecule has 0 atom stereocenters. The molecule has 2 aliphatic rings. The van der Waals surface area contributed by atoms with Gasteiger partial charge in [-0.1, -0.05) is 60.7 Å². The van der Waals surface area contributed by atoms with Crippen molar-refractivity contribution in [2.24, 2.45) is 0 Å². The standard InChI is InChI=1S/C21H16/c1-2-5-16-14(4-1)10-11-21-18-7-3-6-17(15-8-9-15)19(18)12-13-20(16)21/h1-8,12-13H,9-11H2. The lowest BCUT2D eigenvalue weighted by Crippen LogP contribution is -2.04. The third-order valence-electron chi connectivity index (χ3n) is 4.88. The molecule has 0 unspecified atom stereocenters. The Balaban J connectivity index is 1.84. The molecule has 0 bridgehead atoms. The van der Waals surface area contributed by atoms with Crippen molar-refractivity contribution in [2.45, 2.75) is 19.3 Å². The highest BCUT2D eigenvalue weighted by atomic mass is 14.2. The zero-order valence-corrected chi connectivity index (χ0v) is 11.9. The van der Waals surface area contributed by atoms with Gasteiger partial charge in [0.1, 0.15) is 0 Å². The number of benzene rings is 3. The van der Waals surface area contributed by atoms with Gasteiger partial charge in [-0.15, -0.1) is 0 Å². The summed E-state index contributed by atoms with van der Waals surface area (Å²) < 4.78 is 0. The summed E-state index contributed by atoms with van der Waals surface area (Å²) in [4.78, 5) is 0. The largest absolute Gasteiger partial charge is 0.0760 e. The summed E-state index contributed by atoms with van der Waals surface area (Å²) in [6.45, 7) is 0. The summed E-state index contributed by atoms with van der Waals surface area (Å²) in [5.41, 5.74) is 8.84. The van der Waals surface area contributed by atoms with Gasteiger partial charge in [0.25, 0.3) is 0 Å². The summed E-state index contributed by atoms with van der Waals surface area (Å²) in [5.74, 6) is 0. The molecule has 0 heteroatoms. The molecule has 21 heavy (non-hydrogen) atoms. The summed E-state index contributed by atoms with van der Waals surface area (Å²) in [6, 6.07) is 20.3. The van der Waals surface area contributed by atoms with Crippen LogP contribution in [0.3, 0.4) is 0 Å². The van der Waals surface area contributed by atoms with Crippen LogP contribution in [0.2, 0.25) is 0 Å². The van der Waals surface area contributed by atoms with Gasteiger partial charge in [-0.25, -0.2) is 0 Å². The lowest BCUT2D eigenvalue weighted by Gasteiger charge is -2.22. The predicted octanol–water partition coefficient (Wildman–Crippen LogP) is 5.39. The first-order chi connectivity index (χ1) is 10.4. The second kappa shape index (κ2) is 4.08. The summed E-state index contributed by atoms with van der Waals surface area (Å²) in [5, 5.41) is 2.88. The maximum atomic E-state index is 2.34. The first-order valence-corrected chi connectivity index (χ1v) is 7.74. The van der Waals surface area contributed by atoms with Crippen LogP contribution < -0.4 is 0 Å². The second-order valence-electron chi connectivity index (χ2n) is 6.08. The van der Waals surface area contributed by atoms with E-state index in [1.807, 2.05) is 0 Å². The van der Waals surface area contributed by atoms with Crippen LogP contribution in [0.5, 0.6) is 0 Å². The molecular weight excluding hydrogens is 252 g/mol. The van der Waals surface area contributed by atoms with Crippen LogP contribution >= 0.6 is 0 Å². The fourth-order valence-electron chi connectivity index (χ4n) is 3.75. The van der Waals surface area contributed by atoms with E-state index in [2.05, 4.69) is 60.7 Å². The summed E-state index contributed by atoms with van der Waals surface area (Å²) in [6.07, 6.45) is 5.81. The van der Waals surface area contributed by atoms with Gasteiger partial charge in [-0.3, -0.25) is 0 Å². The van der Waals surface area contributed by atoms with Gasteiger partial charge in [0.2, 0.25) is 0 Å². The Hall–Kier alpha value is -2.34. The Morgan fingerprint density at radius 2 is 1.48 bits per heavy atom. The van der Waals surface area contributed by atoms with Gasteiger partial charge in [0.05, 0.1) is 0 Å². The first-order valence-electron chi connectivity index (χ1n) is 7.74. The maximum Gasteiger partial charge on any atom is -0.00882 e. The zero-order chi connectivity index (χ0) is 13.8. The van der Waals surface area contributed by atoms with E-state index in [0.29, 0.717) is 0 Å². The van der Waals surface area contributed by atoms with E-state index in [-0.39, 0.29) is 0 Å². The van der Waals surface area contributed by atoms with Gasteiger partial charge in [0, 0.05) is 0 Å². The third-order valence-corrected chi connectivity index (χ3v) is 4.88. The van der Waals surface area contributed by atoms with E-state index >= 15 is 0 Å². The van der Waals surface area contributed by atoms with E-state index in [0.717, 1.165) is 12.8 Å². The van der Waals surface area contributed by atoms with Crippen LogP contribution in [0, 0.1) is 0 Å². The molecule has 3 aromatic carbocycles. The first kappa shape index (κ1) is 11.3. The minimum Gasteiger partial charge on any atom is -0.0760 e. The highest BCUT2D eigenvalue weighted by molar-refractivity contribution is 6.01. The molecule has 0 saturated carbocycles. The molecule has 5 rings (SSSR count). The van der Waals surface area contributed by atoms with Crippen LogP contribution in [0.1, 0.15) is 23.1 Å². The maximum absolute atomic E-state index is 2.34. The Morgan fingerprint density at radius 1 is 0.619 bits per heavy atom. The Labute approximate surface area is 124 Å². The van der Waals surface area contributed by atoms with E-state index in [1.54, 1.807) is 0 Å². The van der Waals surface area contributed by atoms with Crippen LogP contribution in [0.15, 0.2) is 60.7 Å². The smallest absolute Gasteiger partial charge is 0.00882 e. The molecule has 0 nitrogen and oxygen atoms in total. The SMILES string of the molecule is C1=C(c2cccc3c4c(ccc23)-c2ccccc2CC4)C1. The monoisotopic (exact) mass is 268 g/mol. The van der Waals surface area contributed by atoms with E-state index in [1.165, 1.54) is 50.6 Å². The topological polar surface area (TPSA) is 0 Å². The highest BCUT2D eigenvalue weighted by Crippen LogP contribution is 2.41. The van der Waals surface area contributed by atoms with Crippen LogP contribution in [0.4, 0.5) is 0 Å². The number of fused-ring (bicyclic) bond motifs is 5. The number of hydrogen-bond donors (Lipinski definition) is 0. The molecule has 0 heterocycles. The van der Waals surface area contributed by atoms with Crippen molar-refractivity contribution < 1.29 is 0 Å². The van der Waals surface area contributed by atoms with E-state index in [4.69, 9.17) is 0 Å². The van der Waals surface area contributed by atoms with Gasteiger partial charge >= 0.3 is 0 Å². The van der Waals surface area contributed by atoms with E-state index in [9.17, 15) is 0 Å². The highest BCUT2D eigenvalue weighted by Gasteiger charge is 2.20. The Morgan fingerprint density at radius 3 is 2.38 bits per heavy atom. The average molecular weight is 268 g/mol. The van der Waals surface area contributed by atoms with Crippen LogP contribution in [-0.2, 0) is 12.8 Å². The molecule has 0 fully saturated rings. The molecule has 3 aromatic rings. The zero-order valence-electron chi connectivity index (χ0n) is 11.9. The molecule has 2 aliphatic carbocycles. The lowest BCUT2D eigenvalue weighted by atomic mass is 9.82. The molecule has 0 saturated heterocycles. The van der Waals surface area contributed by atoms with E-state index < -0.39 is 0 Å². The Kier molecular flexibility index (Phi) is 2.20. The molecule has 0 aromatic heterocycles. The molecule has 0 radical (unpaired) electrons. The lowest BCUT2D eigenvalue weighted by molar-refractivity contribution is 0.951. The van der Waals surface area contributed by atoms with Gasteiger partial charge < -0.3 is 0 Å². The minimum atomic E-state index is 1.16. The molecule has 100 valence electrons. The molecule has 0 amide bonds. The summed E-state index contributed by atoms with van der Waals surface area (Å²) in [7, 11) is 0. The molecule has 0 spiro atoms. The van der Waals surface area contributed by atoms with Crippen molar-refractivity contribution in [3.8, 4) is 11.1 Å². The van der Waals surface area contributed by atoms with Crippen molar-refractivity contribution in [1.29, 1.82) is 0 Å². The number of rotatable bonds is 1. The molecular formula is C21H16. The van der Waals surface area contributed by atoms with Crippen molar-refractivity contribution in [1.82, 2.24) is 0 Å². The van der Waals surface area contributed by atoms with Crippen LogP contribution in [0.25, 0.3) is 27.5 Å². The van der Waals surface area contributed by atoms with Crippen molar-refractivity contribution in [3.63, 3.8) is 0 Å². The van der Waals surface area contributed by atoms with Gasteiger partial charge in [-0.2, -0.15) is 0 Å². The quantitative estimate of drug-likeness (QED) is 0.555. The van der Waals surface area contributed by atoms with Gasteiger partial charge in [0.15, 0.2) is 0 Å². The average Bonchev–Trinajstić information content (AvgIpc) is 3.38. The second-order valence-corrected chi connectivity index (χ2v) is 6.08. The van der Waals surface area contributed by atoms with Crippen molar-refractivity contribution in [2.75, 3.05) is 0 Å². The summed E-state index contributed by atoms with van der Waals surface area (Å²) >= 11 is 0. The Bertz CT molecular complexity index is 912. The fourth-order valence-corrected chi connectivity index (χ4v) is 3.75. The fraction of sp³-hybridized carbons (Fsp3) is 0.143. The normalized spacial score (nSPS) is 15.3. The number of aryl methyl sites for hydroxylation is 2. The molecule has 0 N–H and O–H groups in total. The number of allylic oxidation sites excluding steroid dienone is 2. The van der Waals surface area contributed by atoms with Crippen LogP contribution in [-0.4, -0.2) is 0 Å². The molecule has 0 aliphatic heterocycles. The van der Waals surface area contributed by atoms with Crippen molar-refractivity contribution in [3.05, 3.63) is 77.4 Å². The predicted molar refractivity (Wildman–Crippen MR) is 89.4 cm³/mol. The minimum absolute atomic E-state index is 1.16.